The van der Waals surface area contributed by atoms with Gasteiger partial charge >= 0.3 is 0 Å². The number of ether oxygens (including phenoxy) is 1. The second kappa shape index (κ2) is 5.41. The average Bonchev–Trinajstić information content (AvgIpc) is 2.30. The van der Waals surface area contributed by atoms with Gasteiger partial charge in [0.05, 0.1) is 5.69 Å². The van der Waals surface area contributed by atoms with E-state index in [0.29, 0.717) is 18.2 Å². The van der Waals surface area contributed by atoms with Gasteiger partial charge in [0.2, 0.25) is 5.88 Å². The Kier molecular flexibility index (Phi) is 3.67. The zero-order chi connectivity index (χ0) is 12.1. The summed E-state index contributed by atoms with van der Waals surface area (Å²) < 4.78 is 18.4. The highest BCUT2D eigenvalue weighted by molar-refractivity contribution is 5.28. The number of halogens is 1. The summed E-state index contributed by atoms with van der Waals surface area (Å²) in [6, 6.07) is 11.5. The van der Waals surface area contributed by atoms with E-state index in [-0.39, 0.29) is 5.82 Å². The molecule has 0 aliphatic carbocycles. The molecule has 0 bridgehead atoms. The summed E-state index contributed by atoms with van der Waals surface area (Å²) in [7, 11) is 1.85. The Hall–Kier alpha value is -1.94. The van der Waals surface area contributed by atoms with Crippen molar-refractivity contribution >= 4 is 0 Å². The van der Waals surface area contributed by atoms with E-state index in [1.165, 1.54) is 12.1 Å². The maximum Gasteiger partial charge on any atom is 0.219 e. The lowest BCUT2D eigenvalue weighted by Gasteiger charge is -2.06. The van der Waals surface area contributed by atoms with E-state index in [4.69, 9.17) is 4.74 Å². The van der Waals surface area contributed by atoms with Crippen LogP contribution >= 0.6 is 0 Å². The van der Waals surface area contributed by atoms with Crippen molar-refractivity contribution in [3.63, 3.8) is 0 Å². The van der Waals surface area contributed by atoms with Gasteiger partial charge in [0.25, 0.3) is 0 Å². The number of hydrogen-bond donors (Lipinski definition) is 1. The predicted octanol–water partition coefficient (Wildman–Crippen LogP) is 2.73. The van der Waals surface area contributed by atoms with Crippen molar-refractivity contribution in [1.82, 2.24) is 10.3 Å². The standard InChI is InChI=1S/C13H13FN2O/c1-15-9-11-5-3-7-13(16-11)17-12-6-2-4-10(14)8-12/h2-8,15H,9H2,1H3. The zero-order valence-electron chi connectivity index (χ0n) is 9.48. The van der Waals surface area contributed by atoms with Crippen LogP contribution in [0.15, 0.2) is 42.5 Å². The molecule has 1 N–H and O–H groups in total. The van der Waals surface area contributed by atoms with E-state index in [9.17, 15) is 4.39 Å². The van der Waals surface area contributed by atoms with Gasteiger partial charge in [-0.25, -0.2) is 9.37 Å². The molecule has 3 nitrogen and oxygen atoms in total. The summed E-state index contributed by atoms with van der Waals surface area (Å²) in [4.78, 5) is 4.28. The van der Waals surface area contributed by atoms with E-state index in [2.05, 4.69) is 10.3 Å². The molecule has 0 aliphatic rings. The van der Waals surface area contributed by atoms with E-state index in [1.54, 1.807) is 18.2 Å². The summed E-state index contributed by atoms with van der Waals surface area (Å²) in [5.41, 5.74) is 0.876. The van der Waals surface area contributed by atoms with Crippen LogP contribution in [0.2, 0.25) is 0 Å². The minimum absolute atomic E-state index is 0.325. The fourth-order valence-electron chi connectivity index (χ4n) is 1.45. The Morgan fingerprint density at radius 2 is 2.06 bits per heavy atom. The molecule has 0 atom stereocenters. The lowest BCUT2D eigenvalue weighted by Crippen LogP contribution is -2.06. The van der Waals surface area contributed by atoms with Crippen molar-refractivity contribution in [3.8, 4) is 11.6 Å². The van der Waals surface area contributed by atoms with Crippen LogP contribution in [0.4, 0.5) is 4.39 Å². The smallest absolute Gasteiger partial charge is 0.219 e. The molecule has 0 radical (unpaired) electrons. The van der Waals surface area contributed by atoms with Crippen LogP contribution in [0.1, 0.15) is 5.69 Å². The lowest BCUT2D eigenvalue weighted by molar-refractivity contribution is 0.455. The predicted molar refractivity (Wildman–Crippen MR) is 63.5 cm³/mol. The molecule has 4 heteroatoms. The van der Waals surface area contributed by atoms with Crippen LogP contribution in [0.3, 0.4) is 0 Å². The summed E-state index contributed by atoms with van der Waals surface area (Å²) in [6.45, 7) is 0.667. The van der Waals surface area contributed by atoms with Gasteiger partial charge in [-0.05, 0) is 25.2 Å². The second-order valence-electron chi connectivity index (χ2n) is 3.56. The summed E-state index contributed by atoms with van der Waals surface area (Å²) in [5, 5.41) is 3.01. The first-order chi connectivity index (χ1) is 8.28. The molecule has 1 heterocycles. The van der Waals surface area contributed by atoms with Gasteiger partial charge in [0.1, 0.15) is 11.6 Å². The third-order valence-corrected chi connectivity index (χ3v) is 2.16. The maximum atomic E-state index is 13.0. The molecule has 0 unspecified atom stereocenters. The molecule has 2 aromatic rings. The Bertz CT molecular complexity index is 502. The molecule has 17 heavy (non-hydrogen) atoms. The van der Waals surface area contributed by atoms with Crippen molar-refractivity contribution < 1.29 is 9.13 Å². The largest absolute Gasteiger partial charge is 0.439 e. The van der Waals surface area contributed by atoms with E-state index in [0.717, 1.165) is 5.69 Å². The molecular formula is C13H13FN2O. The molecule has 0 saturated heterocycles. The molecule has 88 valence electrons. The Balaban J connectivity index is 2.15. The zero-order valence-corrected chi connectivity index (χ0v) is 9.48. The fraction of sp³-hybridized carbons (Fsp3) is 0.154. The van der Waals surface area contributed by atoms with Crippen molar-refractivity contribution in [1.29, 1.82) is 0 Å². The average molecular weight is 232 g/mol. The van der Waals surface area contributed by atoms with Crippen molar-refractivity contribution in [3.05, 3.63) is 54.0 Å². The van der Waals surface area contributed by atoms with Gasteiger partial charge in [-0.15, -0.1) is 0 Å². The number of nitrogens with zero attached hydrogens (tertiary/aromatic N) is 1. The van der Waals surface area contributed by atoms with Gasteiger partial charge in [0.15, 0.2) is 0 Å². The highest BCUT2D eigenvalue weighted by atomic mass is 19.1. The third kappa shape index (κ3) is 3.26. The SMILES string of the molecule is CNCc1cccc(Oc2cccc(F)c2)n1. The summed E-state index contributed by atoms with van der Waals surface area (Å²) in [6.07, 6.45) is 0. The van der Waals surface area contributed by atoms with Crippen LogP contribution < -0.4 is 10.1 Å². The molecule has 2 rings (SSSR count). The number of rotatable bonds is 4. The molecule has 0 aliphatic heterocycles. The van der Waals surface area contributed by atoms with Crippen LogP contribution in [-0.2, 0) is 6.54 Å². The normalized spacial score (nSPS) is 10.2. The van der Waals surface area contributed by atoms with Crippen molar-refractivity contribution in [2.45, 2.75) is 6.54 Å². The molecule has 0 fully saturated rings. The highest BCUT2D eigenvalue weighted by Gasteiger charge is 2.01. The van der Waals surface area contributed by atoms with Gasteiger partial charge in [-0.3, -0.25) is 0 Å². The van der Waals surface area contributed by atoms with Gasteiger partial charge in [0, 0.05) is 18.7 Å². The summed E-state index contributed by atoms with van der Waals surface area (Å²) >= 11 is 0. The number of nitrogens with one attached hydrogen (secondary N) is 1. The first-order valence-electron chi connectivity index (χ1n) is 5.32. The number of pyridine rings is 1. The third-order valence-electron chi connectivity index (χ3n) is 2.16. The van der Waals surface area contributed by atoms with E-state index >= 15 is 0 Å². The molecule has 0 amide bonds. The fourth-order valence-corrected chi connectivity index (χ4v) is 1.45. The second-order valence-corrected chi connectivity index (χ2v) is 3.56. The van der Waals surface area contributed by atoms with Crippen molar-refractivity contribution in [2.75, 3.05) is 7.05 Å². The van der Waals surface area contributed by atoms with Crippen LogP contribution in [-0.4, -0.2) is 12.0 Å². The first-order valence-corrected chi connectivity index (χ1v) is 5.32. The molecule has 1 aromatic heterocycles. The number of aromatic nitrogens is 1. The summed E-state index contributed by atoms with van der Waals surface area (Å²) in [5.74, 6) is 0.580. The van der Waals surface area contributed by atoms with Gasteiger partial charge < -0.3 is 10.1 Å². The molecule has 0 saturated carbocycles. The minimum Gasteiger partial charge on any atom is -0.439 e. The van der Waals surface area contributed by atoms with Gasteiger partial charge in [-0.2, -0.15) is 0 Å². The highest BCUT2D eigenvalue weighted by Crippen LogP contribution is 2.20. The molecular weight excluding hydrogens is 219 g/mol. The monoisotopic (exact) mass is 232 g/mol. The van der Waals surface area contributed by atoms with Crippen LogP contribution in [0.25, 0.3) is 0 Å². The van der Waals surface area contributed by atoms with E-state index in [1.807, 2.05) is 19.2 Å². The van der Waals surface area contributed by atoms with Crippen LogP contribution in [0.5, 0.6) is 11.6 Å². The lowest BCUT2D eigenvalue weighted by atomic mass is 10.3. The quantitative estimate of drug-likeness (QED) is 0.880. The number of hydrogen-bond acceptors (Lipinski definition) is 3. The Labute approximate surface area is 99.3 Å². The van der Waals surface area contributed by atoms with Gasteiger partial charge in [-0.1, -0.05) is 12.1 Å². The van der Waals surface area contributed by atoms with Crippen LogP contribution in [0, 0.1) is 5.82 Å². The molecule has 0 spiro atoms. The Morgan fingerprint density at radius 1 is 1.24 bits per heavy atom. The maximum absolute atomic E-state index is 13.0. The Morgan fingerprint density at radius 3 is 2.82 bits per heavy atom. The topological polar surface area (TPSA) is 34.1 Å². The van der Waals surface area contributed by atoms with Crippen molar-refractivity contribution in [2.24, 2.45) is 0 Å². The number of benzene rings is 1. The molecule has 1 aromatic carbocycles. The minimum atomic E-state index is -0.325. The van der Waals surface area contributed by atoms with E-state index < -0.39 is 0 Å². The first kappa shape index (κ1) is 11.5.